The van der Waals surface area contributed by atoms with Gasteiger partial charge in [-0.3, -0.25) is 4.79 Å². The van der Waals surface area contributed by atoms with Crippen LogP contribution in [0.15, 0.2) is 12.3 Å². The summed E-state index contributed by atoms with van der Waals surface area (Å²) < 4.78 is 5.31. The highest BCUT2D eigenvalue weighted by Gasteiger charge is 2.25. The predicted octanol–water partition coefficient (Wildman–Crippen LogP) is 1.64. The number of aromatic nitrogens is 1. The molecule has 1 amide bonds. The first kappa shape index (κ1) is 13.1. The average molecular weight is 270 g/mol. The van der Waals surface area contributed by atoms with Crippen molar-refractivity contribution in [1.29, 1.82) is 0 Å². The van der Waals surface area contributed by atoms with E-state index in [4.69, 9.17) is 16.3 Å². The van der Waals surface area contributed by atoms with Gasteiger partial charge < -0.3 is 15.0 Å². The van der Waals surface area contributed by atoms with Crippen LogP contribution in [0.2, 0.25) is 5.02 Å². The number of ether oxygens (including phenoxy) is 1. The minimum Gasteiger partial charge on any atom is -0.377 e. The van der Waals surface area contributed by atoms with Gasteiger partial charge in [0, 0.05) is 19.8 Å². The van der Waals surface area contributed by atoms with Gasteiger partial charge in [-0.15, -0.1) is 0 Å². The third-order valence-corrected chi connectivity index (χ3v) is 3.24. The maximum atomic E-state index is 12.3. The van der Waals surface area contributed by atoms with Crippen LogP contribution in [0.3, 0.4) is 0 Å². The van der Waals surface area contributed by atoms with Gasteiger partial charge in [-0.1, -0.05) is 11.6 Å². The lowest BCUT2D eigenvalue weighted by Crippen LogP contribution is -2.47. The van der Waals surface area contributed by atoms with Crippen molar-refractivity contribution in [2.75, 3.05) is 32.1 Å². The Morgan fingerprint density at radius 1 is 1.67 bits per heavy atom. The van der Waals surface area contributed by atoms with Crippen molar-refractivity contribution in [3.8, 4) is 0 Å². The second kappa shape index (κ2) is 5.54. The molecule has 0 saturated carbocycles. The second-order valence-corrected chi connectivity index (χ2v) is 4.63. The quantitative estimate of drug-likeness (QED) is 0.887. The fourth-order valence-corrected chi connectivity index (χ4v) is 2.19. The Balaban J connectivity index is 2.20. The molecule has 6 heteroatoms. The second-order valence-electron chi connectivity index (χ2n) is 4.23. The van der Waals surface area contributed by atoms with E-state index in [2.05, 4.69) is 10.3 Å². The molecule has 0 aliphatic carbocycles. The lowest BCUT2D eigenvalue weighted by Gasteiger charge is -2.33. The maximum absolute atomic E-state index is 12.3. The Labute approximate surface area is 111 Å². The number of nitrogens with zero attached hydrogens (tertiary/aromatic N) is 2. The molecular formula is C12H16ClN3O2. The van der Waals surface area contributed by atoms with E-state index in [9.17, 15) is 4.79 Å². The van der Waals surface area contributed by atoms with Gasteiger partial charge in [0.05, 0.1) is 29.8 Å². The van der Waals surface area contributed by atoms with Crippen LogP contribution in [-0.2, 0) is 4.74 Å². The summed E-state index contributed by atoms with van der Waals surface area (Å²) in [5.41, 5.74) is 0.507. The zero-order chi connectivity index (χ0) is 13.1. The molecule has 0 spiro atoms. The lowest BCUT2D eigenvalue weighted by atomic mass is 10.2. The summed E-state index contributed by atoms with van der Waals surface area (Å²) >= 11 is 6.03. The monoisotopic (exact) mass is 269 g/mol. The number of amides is 1. The molecule has 0 bridgehead atoms. The smallest absolute Gasteiger partial charge is 0.255 e. The van der Waals surface area contributed by atoms with E-state index in [1.165, 1.54) is 0 Å². The molecule has 1 saturated heterocycles. The number of anilines is 1. The molecule has 0 aromatic carbocycles. The van der Waals surface area contributed by atoms with Crippen LogP contribution in [0.25, 0.3) is 0 Å². The van der Waals surface area contributed by atoms with Gasteiger partial charge in [0.2, 0.25) is 0 Å². The number of rotatable bonds is 2. The van der Waals surface area contributed by atoms with Gasteiger partial charge in [-0.25, -0.2) is 4.98 Å². The molecule has 1 N–H and O–H groups in total. The van der Waals surface area contributed by atoms with E-state index in [0.29, 0.717) is 36.2 Å². The van der Waals surface area contributed by atoms with Crippen molar-refractivity contribution in [2.45, 2.75) is 13.0 Å². The van der Waals surface area contributed by atoms with Crippen LogP contribution in [0.1, 0.15) is 17.3 Å². The first-order valence-electron chi connectivity index (χ1n) is 5.85. The average Bonchev–Trinajstić information content (AvgIpc) is 2.38. The summed E-state index contributed by atoms with van der Waals surface area (Å²) in [6.45, 7) is 3.72. The number of nitrogens with one attached hydrogen (secondary N) is 1. The first-order chi connectivity index (χ1) is 8.63. The van der Waals surface area contributed by atoms with Crippen molar-refractivity contribution < 1.29 is 9.53 Å². The normalized spacial score (nSPS) is 19.7. The lowest BCUT2D eigenvalue weighted by molar-refractivity contribution is 0.00357. The highest BCUT2D eigenvalue weighted by atomic mass is 35.5. The molecule has 1 atom stereocenters. The Kier molecular flexibility index (Phi) is 4.04. The maximum Gasteiger partial charge on any atom is 0.255 e. The highest BCUT2D eigenvalue weighted by molar-refractivity contribution is 6.33. The van der Waals surface area contributed by atoms with E-state index in [1.807, 2.05) is 6.92 Å². The summed E-state index contributed by atoms with van der Waals surface area (Å²) in [6, 6.07) is 1.72. The number of carbonyl (C=O) groups is 1. The number of hydrogen-bond acceptors (Lipinski definition) is 4. The molecule has 1 fully saturated rings. The summed E-state index contributed by atoms with van der Waals surface area (Å²) in [4.78, 5) is 18.2. The Morgan fingerprint density at radius 2 is 2.44 bits per heavy atom. The highest BCUT2D eigenvalue weighted by Crippen LogP contribution is 2.21. The van der Waals surface area contributed by atoms with Crippen LogP contribution in [0, 0.1) is 0 Å². The van der Waals surface area contributed by atoms with Crippen LogP contribution in [-0.4, -0.2) is 48.6 Å². The van der Waals surface area contributed by atoms with Crippen LogP contribution in [0.4, 0.5) is 5.82 Å². The number of pyridine rings is 1. The van der Waals surface area contributed by atoms with Gasteiger partial charge in [0.15, 0.2) is 0 Å². The number of halogens is 1. The molecule has 5 nitrogen and oxygen atoms in total. The van der Waals surface area contributed by atoms with Crippen LogP contribution < -0.4 is 5.32 Å². The zero-order valence-electron chi connectivity index (χ0n) is 10.4. The van der Waals surface area contributed by atoms with Gasteiger partial charge in [0.1, 0.15) is 5.82 Å². The largest absolute Gasteiger partial charge is 0.377 e. The first-order valence-corrected chi connectivity index (χ1v) is 6.23. The van der Waals surface area contributed by atoms with Crippen LogP contribution in [0.5, 0.6) is 0 Å². The van der Waals surface area contributed by atoms with Crippen molar-refractivity contribution in [1.82, 2.24) is 9.88 Å². The molecule has 1 aliphatic heterocycles. The van der Waals surface area contributed by atoms with Gasteiger partial charge >= 0.3 is 0 Å². The van der Waals surface area contributed by atoms with Crippen LogP contribution >= 0.6 is 11.6 Å². The van der Waals surface area contributed by atoms with E-state index >= 15 is 0 Å². The molecule has 1 aliphatic rings. The van der Waals surface area contributed by atoms with Crippen molar-refractivity contribution in [3.63, 3.8) is 0 Å². The van der Waals surface area contributed by atoms with Crippen molar-refractivity contribution in [2.24, 2.45) is 0 Å². The molecule has 98 valence electrons. The molecule has 18 heavy (non-hydrogen) atoms. The van der Waals surface area contributed by atoms with E-state index < -0.39 is 0 Å². The molecule has 0 radical (unpaired) electrons. The molecule has 2 heterocycles. The third-order valence-electron chi connectivity index (χ3n) is 2.95. The summed E-state index contributed by atoms with van der Waals surface area (Å²) in [5.74, 6) is 0.520. The van der Waals surface area contributed by atoms with Crippen molar-refractivity contribution >= 4 is 23.3 Å². The Hall–Kier alpha value is -1.33. The number of carbonyl (C=O) groups excluding carboxylic acids is 1. The minimum atomic E-state index is -0.0529. The topological polar surface area (TPSA) is 54.5 Å². The SMILES string of the molecule is CNc1ncc(C(=O)N2CCOCC2C)cc1Cl. The van der Waals surface area contributed by atoms with E-state index in [-0.39, 0.29) is 11.9 Å². The zero-order valence-corrected chi connectivity index (χ0v) is 11.2. The van der Waals surface area contributed by atoms with E-state index in [1.54, 1.807) is 24.2 Å². The Morgan fingerprint density at radius 3 is 3.06 bits per heavy atom. The molecule has 2 rings (SSSR count). The molecule has 1 aromatic rings. The summed E-state index contributed by atoms with van der Waals surface area (Å²) in [5, 5.41) is 3.31. The number of morpholine rings is 1. The fraction of sp³-hybridized carbons (Fsp3) is 0.500. The third kappa shape index (κ3) is 2.57. The predicted molar refractivity (Wildman–Crippen MR) is 70.1 cm³/mol. The van der Waals surface area contributed by atoms with Gasteiger partial charge in [-0.05, 0) is 13.0 Å². The van der Waals surface area contributed by atoms with Gasteiger partial charge in [-0.2, -0.15) is 0 Å². The van der Waals surface area contributed by atoms with Gasteiger partial charge in [0.25, 0.3) is 5.91 Å². The molecule has 1 aromatic heterocycles. The van der Waals surface area contributed by atoms with E-state index in [0.717, 1.165) is 0 Å². The number of hydrogen-bond donors (Lipinski definition) is 1. The fourth-order valence-electron chi connectivity index (χ4n) is 1.93. The summed E-state index contributed by atoms with van der Waals surface area (Å²) in [6.07, 6.45) is 1.54. The molecular weight excluding hydrogens is 254 g/mol. The standard InChI is InChI=1S/C12H16ClN3O2/c1-8-7-18-4-3-16(8)12(17)9-5-10(13)11(14-2)15-6-9/h5-6,8H,3-4,7H2,1-2H3,(H,14,15). The Bertz CT molecular complexity index is 453. The van der Waals surface area contributed by atoms with Crippen molar-refractivity contribution in [3.05, 3.63) is 22.8 Å². The minimum absolute atomic E-state index is 0.0529. The summed E-state index contributed by atoms with van der Waals surface area (Å²) in [7, 11) is 1.74. The molecule has 1 unspecified atom stereocenters.